The molecule has 0 unspecified atom stereocenters. The Hall–Kier alpha value is -2.57. The molecule has 0 bridgehead atoms. The van der Waals surface area contributed by atoms with Gasteiger partial charge < -0.3 is 14.8 Å². The Labute approximate surface area is 151 Å². The van der Waals surface area contributed by atoms with Crippen LogP contribution in [0.15, 0.2) is 24.3 Å². The number of hydrogen-bond donors (Lipinski definition) is 1. The summed E-state index contributed by atoms with van der Waals surface area (Å²) in [6, 6.07) is 7.36. The highest BCUT2D eigenvalue weighted by molar-refractivity contribution is 6.07. The molecule has 0 radical (unpaired) electrons. The molecule has 138 valence electrons. The van der Waals surface area contributed by atoms with Gasteiger partial charge in [-0.15, -0.1) is 0 Å². The third kappa shape index (κ3) is 3.13. The van der Waals surface area contributed by atoms with Crippen LogP contribution in [0.25, 0.3) is 0 Å². The van der Waals surface area contributed by atoms with Gasteiger partial charge in [0.05, 0.1) is 18.4 Å². The van der Waals surface area contributed by atoms with E-state index < -0.39 is 0 Å². The Bertz CT molecular complexity index is 710. The van der Waals surface area contributed by atoms with Gasteiger partial charge in [0.2, 0.25) is 17.7 Å². The summed E-state index contributed by atoms with van der Waals surface area (Å²) in [5.41, 5.74) is 0. The predicted molar refractivity (Wildman–Crippen MR) is 91.5 cm³/mol. The first kappa shape index (κ1) is 16.9. The van der Waals surface area contributed by atoms with Crippen molar-refractivity contribution in [2.24, 2.45) is 11.8 Å². The van der Waals surface area contributed by atoms with Crippen LogP contribution in [0.4, 0.5) is 0 Å². The highest BCUT2D eigenvalue weighted by Crippen LogP contribution is 2.37. The molecular formula is C19H22N2O5. The first-order chi connectivity index (χ1) is 12.6. The summed E-state index contributed by atoms with van der Waals surface area (Å²) in [5, 5.41) is 2.74. The number of rotatable bonds is 4. The van der Waals surface area contributed by atoms with Gasteiger partial charge in [-0.2, -0.15) is 0 Å². The zero-order valence-corrected chi connectivity index (χ0v) is 14.5. The molecule has 7 heteroatoms. The van der Waals surface area contributed by atoms with Crippen LogP contribution in [-0.4, -0.2) is 48.4 Å². The molecule has 3 aliphatic rings. The fraction of sp³-hybridized carbons (Fsp3) is 0.526. The first-order valence-electron chi connectivity index (χ1n) is 9.14. The van der Waals surface area contributed by atoms with Crippen molar-refractivity contribution in [3.63, 3.8) is 0 Å². The van der Waals surface area contributed by atoms with Crippen LogP contribution in [0.2, 0.25) is 0 Å². The minimum Gasteiger partial charge on any atom is -0.486 e. The van der Waals surface area contributed by atoms with Crippen LogP contribution in [0.3, 0.4) is 0 Å². The van der Waals surface area contributed by atoms with E-state index in [0.717, 1.165) is 30.6 Å². The number of para-hydroxylation sites is 2. The summed E-state index contributed by atoms with van der Waals surface area (Å²) in [6.07, 6.45) is 3.14. The van der Waals surface area contributed by atoms with Gasteiger partial charge in [0.1, 0.15) is 19.3 Å². The summed E-state index contributed by atoms with van der Waals surface area (Å²) >= 11 is 0. The largest absolute Gasteiger partial charge is 0.486 e. The fourth-order valence-electron chi connectivity index (χ4n) is 3.98. The van der Waals surface area contributed by atoms with Gasteiger partial charge in [0.25, 0.3) is 0 Å². The van der Waals surface area contributed by atoms with Gasteiger partial charge in [-0.1, -0.05) is 25.0 Å². The third-order valence-electron chi connectivity index (χ3n) is 5.33. The molecule has 1 aromatic carbocycles. The van der Waals surface area contributed by atoms with Crippen LogP contribution >= 0.6 is 0 Å². The molecule has 1 saturated heterocycles. The topological polar surface area (TPSA) is 84.9 Å². The molecule has 2 fully saturated rings. The second kappa shape index (κ2) is 6.97. The van der Waals surface area contributed by atoms with Crippen molar-refractivity contribution in [3.05, 3.63) is 24.3 Å². The molecule has 0 spiro atoms. The average molecular weight is 358 g/mol. The third-order valence-corrected chi connectivity index (χ3v) is 5.33. The number of ether oxygens (including phenoxy) is 2. The van der Waals surface area contributed by atoms with Gasteiger partial charge in [-0.3, -0.25) is 19.3 Å². The highest BCUT2D eigenvalue weighted by atomic mass is 16.6. The number of likely N-dealkylation sites (tertiary alicyclic amines) is 1. The lowest BCUT2D eigenvalue weighted by atomic mass is 9.81. The average Bonchev–Trinajstić information content (AvgIpc) is 2.91. The Morgan fingerprint density at radius 1 is 1.08 bits per heavy atom. The first-order valence-corrected chi connectivity index (χ1v) is 9.14. The van der Waals surface area contributed by atoms with E-state index in [0.29, 0.717) is 18.1 Å². The standard InChI is InChI=1S/C19H22N2O5/c22-17(10-21-18(23)13-5-1-2-6-14(13)19(21)24)20-9-12-11-25-15-7-3-4-8-16(15)26-12/h3-4,7-8,12-14H,1-2,5-6,9-11H2,(H,20,22)/t12-,13-,14+/m0/s1. The molecule has 26 heavy (non-hydrogen) atoms. The van der Waals surface area contributed by atoms with Crippen molar-refractivity contribution >= 4 is 17.7 Å². The van der Waals surface area contributed by atoms with E-state index in [4.69, 9.17) is 9.47 Å². The van der Waals surface area contributed by atoms with Crippen molar-refractivity contribution in [1.29, 1.82) is 0 Å². The van der Waals surface area contributed by atoms with Crippen molar-refractivity contribution < 1.29 is 23.9 Å². The number of amides is 3. The summed E-state index contributed by atoms with van der Waals surface area (Å²) < 4.78 is 11.4. The van der Waals surface area contributed by atoms with Crippen LogP contribution in [0.1, 0.15) is 25.7 Å². The number of nitrogens with one attached hydrogen (secondary N) is 1. The lowest BCUT2D eigenvalue weighted by molar-refractivity contribution is -0.143. The molecule has 3 atom stereocenters. The van der Waals surface area contributed by atoms with Crippen LogP contribution in [0.5, 0.6) is 11.5 Å². The van der Waals surface area contributed by atoms with Crippen molar-refractivity contribution in [1.82, 2.24) is 10.2 Å². The number of carbonyl (C=O) groups excluding carboxylic acids is 3. The van der Waals surface area contributed by atoms with Crippen LogP contribution < -0.4 is 14.8 Å². The summed E-state index contributed by atoms with van der Waals surface area (Å²) in [7, 11) is 0. The van der Waals surface area contributed by atoms with Gasteiger partial charge in [-0.05, 0) is 25.0 Å². The number of nitrogens with zero attached hydrogens (tertiary/aromatic N) is 1. The molecule has 1 saturated carbocycles. The molecule has 0 aromatic heterocycles. The predicted octanol–water partition coefficient (Wildman–Crippen LogP) is 1.12. The Balaban J connectivity index is 1.29. The number of imide groups is 1. The molecule has 1 N–H and O–H groups in total. The molecular weight excluding hydrogens is 336 g/mol. The number of carbonyl (C=O) groups is 3. The van der Waals surface area contributed by atoms with Crippen molar-refractivity contribution in [2.45, 2.75) is 31.8 Å². The number of benzene rings is 1. The molecule has 4 rings (SSSR count). The van der Waals surface area contributed by atoms with E-state index >= 15 is 0 Å². The van der Waals surface area contributed by atoms with E-state index in [9.17, 15) is 14.4 Å². The summed E-state index contributed by atoms with van der Waals surface area (Å²) in [5.74, 6) is 0.138. The number of fused-ring (bicyclic) bond motifs is 2. The Morgan fingerprint density at radius 3 is 2.42 bits per heavy atom. The highest BCUT2D eigenvalue weighted by Gasteiger charge is 2.48. The fourth-order valence-corrected chi connectivity index (χ4v) is 3.98. The molecule has 2 heterocycles. The monoisotopic (exact) mass is 358 g/mol. The minimum atomic E-state index is -0.354. The molecule has 1 aliphatic carbocycles. The van der Waals surface area contributed by atoms with E-state index in [-0.39, 0.29) is 48.8 Å². The van der Waals surface area contributed by atoms with Crippen LogP contribution in [-0.2, 0) is 14.4 Å². The zero-order valence-electron chi connectivity index (χ0n) is 14.5. The quantitative estimate of drug-likeness (QED) is 0.816. The maximum atomic E-state index is 12.4. The SMILES string of the molecule is O=C(CN1C(=O)[C@H]2CCCC[C@H]2C1=O)NC[C@H]1COc2ccccc2O1. The van der Waals surface area contributed by atoms with Gasteiger partial charge in [-0.25, -0.2) is 0 Å². The van der Waals surface area contributed by atoms with E-state index in [1.807, 2.05) is 24.3 Å². The van der Waals surface area contributed by atoms with Crippen molar-refractivity contribution in [2.75, 3.05) is 19.7 Å². The Kier molecular flexibility index (Phi) is 4.53. The van der Waals surface area contributed by atoms with E-state index in [1.54, 1.807) is 0 Å². The number of hydrogen-bond acceptors (Lipinski definition) is 5. The smallest absolute Gasteiger partial charge is 0.240 e. The van der Waals surface area contributed by atoms with Gasteiger partial charge >= 0.3 is 0 Å². The Morgan fingerprint density at radius 2 is 1.73 bits per heavy atom. The summed E-state index contributed by atoms with van der Waals surface area (Å²) in [4.78, 5) is 38.2. The molecule has 2 aliphatic heterocycles. The zero-order chi connectivity index (χ0) is 18.1. The summed E-state index contributed by atoms with van der Waals surface area (Å²) in [6.45, 7) is 0.383. The van der Waals surface area contributed by atoms with Crippen molar-refractivity contribution in [3.8, 4) is 11.5 Å². The minimum absolute atomic E-state index is 0.193. The maximum Gasteiger partial charge on any atom is 0.240 e. The second-order valence-electron chi connectivity index (χ2n) is 7.06. The normalized spacial score (nSPS) is 27.2. The molecule has 3 amide bonds. The lowest BCUT2D eigenvalue weighted by Crippen LogP contribution is -2.45. The maximum absolute atomic E-state index is 12.4. The molecule has 7 nitrogen and oxygen atoms in total. The van der Waals surface area contributed by atoms with Gasteiger partial charge in [0, 0.05) is 0 Å². The molecule has 1 aromatic rings. The van der Waals surface area contributed by atoms with E-state index in [1.165, 1.54) is 0 Å². The van der Waals surface area contributed by atoms with Gasteiger partial charge in [0.15, 0.2) is 11.5 Å². The lowest BCUT2D eigenvalue weighted by Gasteiger charge is -2.26. The second-order valence-corrected chi connectivity index (χ2v) is 7.06. The van der Waals surface area contributed by atoms with Crippen LogP contribution in [0, 0.1) is 11.8 Å². The van der Waals surface area contributed by atoms with E-state index in [2.05, 4.69) is 5.32 Å².